The number of carbonyl (C=O) groups is 3. The van der Waals surface area contributed by atoms with E-state index in [4.69, 9.17) is 22.1 Å². The number of aliphatic carboxylic acids is 2. The first kappa shape index (κ1) is 25.3. The van der Waals surface area contributed by atoms with Gasteiger partial charge >= 0.3 is 11.9 Å². The number of thioether (sulfide) groups is 1. The second-order valence-corrected chi connectivity index (χ2v) is 11.0. The van der Waals surface area contributed by atoms with E-state index in [0.29, 0.717) is 16.9 Å². The predicted molar refractivity (Wildman–Crippen MR) is 145 cm³/mol. The van der Waals surface area contributed by atoms with Gasteiger partial charge in [0, 0.05) is 29.8 Å². The van der Waals surface area contributed by atoms with Crippen molar-refractivity contribution in [3.8, 4) is 5.75 Å². The zero-order valence-corrected chi connectivity index (χ0v) is 21.8. The van der Waals surface area contributed by atoms with Crippen molar-refractivity contribution in [2.75, 3.05) is 12.0 Å². The number of ether oxygens (including phenoxy) is 1. The highest BCUT2D eigenvalue weighted by Gasteiger charge is 2.43. The van der Waals surface area contributed by atoms with E-state index in [1.165, 1.54) is 5.56 Å². The maximum absolute atomic E-state index is 13.1. The van der Waals surface area contributed by atoms with Crippen LogP contribution in [0, 0.1) is 0 Å². The van der Waals surface area contributed by atoms with Gasteiger partial charge in [0.05, 0.1) is 12.0 Å². The molecule has 1 aliphatic carbocycles. The molecule has 2 heterocycles. The van der Waals surface area contributed by atoms with Gasteiger partial charge in [-0.15, -0.1) is 0 Å². The molecule has 3 atom stereocenters. The molecule has 37 heavy (non-hydrogen) atoms. The van der Waals surface area contributed by atoms with Crippen molar-refractivity contribution in [2.24, 2.45) is 0 Å². The number of fused-ring (bicyclic) bond motifs is 3. The number of carbonyl (C=O) groups excluding carboxylic acids is 1. The average Bonchev–Trinajstić information content (AvgIpc) is 3.53. The van der Waals surface area contributed by atoms with Crippen molar-refractivity contribution < 1.29 is 29.3 Å². The molecule has 2 aliphatic heterocycles. The quantitative estimate of drug-likeness (QED) is 0.355. The molecule has 2 N–H and O–H groups in total. The lowest BCUT2D eigenvalue weighted by Crippen LogP contribution is -2.44. The molecule has 0 spiro atoms. The molecular weight excluding hydrogens is 512 g/mol. The number of rotatable bonds is 8. The van der Waals surface area contributed by atoms with Crippen LogP contribution in [0.25, 0.3) is 6.08 Å². The highest BCUT2D eigenvalue weighted by atomic mass is 32.2. The topological polar surface area (TPSA) is 107 Å². The number of hydrogen-bond donors (Lipinski definition) is 2. The van der Waals surface area contributed by atoms with Gasteiger partial charge in [0.25, 0.3) is 5.91 Å². The number of anilines is 2. The fourth-order valence-electron chi connectivity index (χ4n) is 5.57. The summed E-state index contributed by atoms with van der Waals surface area (Å²) in [5.74, 6) is -1.70. The molecule has 5 rings (SSSR count). The van der Waals surface area contributed by atoms with E-state index in [1.807, 2.05) is 18.2 Å². The number of nitrogens with zero attached hydrogens (tertiary/aromatic N) is 2. The van der Waals surface area contributed by atoms with E-state index in [2.05, 4.69) is 29.2 Å². The van der Waals surface area contributed by atoms with Crippen molar-refractivity contribution >= 4 is 63.6 Å². The third-order valence-corrected chi connectivity index (χ3v) is 8.55. The monoisotopic (exact) mass is 538 g/mol. The molecule has 2 aromatic carbocycles. The second-order valence-electron chi connectivity index (χ2n) is 9.33. The smallest absolute Gasteiger partial charge is 0.326 e. The van der Waals surface area contributed by atoms with Crippen LogP contribution in [0.4, 0.5) is 11.4 Å². The number of benzene rings is 2. The average molecular weight is 539 g/mol. The molecule has 0 radical (unpaired) electrons. The molecule has 2 fully saturated rings. The normalized spacial score (nSPS) is 22.4. The summed E-state index contributed by atoms with van der Waals surface area (Å²) < 4.78 is 5.44. The van der Waals surface area contributed by atoms with E-state index < -0.39 is 23.9 Å². The predicted octanol–water partition coefficient (Wildman–Crippen LogP) is 5.00. The Labute approximate surface area is 223 Å². The third-order valence-electron chi connectivity index (χ3n) is 7.22. The molecule has 192 valence electrons. The van der Waals surface area contributed by atoms with Crippen LogP contribution in [-0.2, 0) is 14.4 Å². The van der Waals surface area contributed by atoms with Gasteiger partial charge in [-0.3, -0.25) is 14.5 Å². The van der Waals surface area contributed by atoms with Crippen LogP contribution < -0.4 is 9.64 Å². The number of methoxy groups -OCH3 is 1. The summed E-state index contributed by atoms with van der Waals surface area (Å²) in [4.78, 5) is 39.7. The van der Waals surface area contributed by atoms with Crippen molar-refractivity contribution in [2.45, 2.75) is 50.1 Å². The summed E-state index contributed by atoms with van der Waals surface area (Å²) >= 11 is 6.36. The van der Waals surface area contributed by atoms with Gasteiger partial charge in [0.2, 0.25) is 0 Å². The van der Waals surface area contributed by atoms with E-state index in [-0.39, 0.29) is 17.2 Å². The van der Waals surface area contributed by atoms with Crippen molar-refractivity contribution in [3.05, 3.63) is 58.5 Å². The molecule has 1 saturated heterocycles. The van der Waals surface area contributed by atoms with Gasteiger partial charge in [-0.25, -0.2) is 4.79 Å². The van der Waals surface area contributed by atoms with Gasteiger partial charge in [-0.2, -0.15) is 0 Å². The summed E-state index contributed by atoms with van der Waals surface area (Å²) in [6.45, 7) is 0. The molecule has 10 heteroatoms. The van der Waals surface area contributed by atoms with Gasteiger partial charge in [-0.05, 0) is 72.9 Å². The lowest BCUT2D eigenvalue weighted by atomic mass is 9.96. The van der Waals surface area contributed by atoms with E-state index in [0.717, 1.165) is 58.6 Å². The number of hydrogen-bond acceptors (Lipinski definition) is 7. The van der Waals surface area contributed by atoms with Gasteiger partial charge in [0.15, 0.2) is 0 Å². The van der Waals surface area contributed by atoms with Gasteiger partial charge in [-0.1, -0.05) is 36.5 Å². The summed E-state index contributed by atoms with van der Waals surface area (Å²) in [7, 11) is 1.65. The van der Waals surface area contributed by atoms with Crippen LogP contribution in [0.15, 0.2) is 47.4 Å². The summed E-state index contributed by atoms with van der Waals surface area (Å²) in [6, 6.07) is 13.3. The molecule has 0 bridgehead atoms. The van der Waals surface area contributed by atoms with E-state index in [1.54, 1.807) is 13.2 Å². The first-order valence-corrected chi connectivity index (χ1v) is 13.3. The maximum atomic E-state index is 13.1. The highest BCUT2D eigenvalue weighted by Crippen LogP contribution is 2.52. The van der Waals surface area contributed by atoms with Crippen molar-refractivity contribution in [1.29, 1.82) is 0 Å². The molecule has 3 aliphatic rings. The maximum Gasteiger partial charge on any atom is 0.326 e. The lowest BCUT2D eigenvalue weighted by Gasteiger charge is -2.27. The Morgan fingerprint density at radius 3 is 2.62 bits per heavy atom. The highest BCUT2D eigenvalue weighted by molar-refractivity contribution is 8.26. The lowest BCUT2D eigenvalue weighted by molar-refractivity contribution is -0.146. The molecular formula is C27H26N2O6S2. The Hall–Kier alpha value is -3.37. The largest absolute Gasteiger partial charge is 0.497 e. The Kier molecular flexibility index (Phi) is 6.96. The molecule has 2 aromatic rings. The van der Waals surface area contributed by atoms with Crippen LogP contribution in [-0.4, -0.2) is 56.5 Å². The molecule has 0 aromatic heterocycles. The molecule has 1 saturated carbocycles. The zero-order valence-electron chi connectivity index (χ0n) is 20.1. The number of carboxylic acids is 2. The Bertz CT molecular complexity index is 1310. The third kappa shape index (κ3) is 4.71. The van der Waals surface area contributed by atoms with Crippen LogP contribution in [0.1, 0.15) is 49.1 Å². The minimum Gasteiger partial charge on any atom is -0.497 e. The van der Waals surface area contributed by atoms with Crippen molar-refractivity contribution in [3.63, 3.8) is 0 Å². The number of thiocarbonyl (C=S) groups is 1. The second kappa shape index (κ2) is 10.2. The summed E-state index contributed by atoms with van der Waals surface area (Å²) in [6.07, 6.45) is 4.51. The molecule has 3 unspecified atom stereocenters. The first-order valence-electron chi connectivity index (χ1n) is 12.1. The van der Waals surface area contributed by atoms with Crippen LogP contribution >= 0.6 is 24.0 Å². The fraction of sp³-hybridized carbons (Fsp3) is 0.333. The molecule has 1 amide bonds. The fourth-order valence-corrected chi connectivity index (χ4v) is 6.92. The van der Waals surface area contributed by atoms with E-state index >= 15 is 0 Å². The van der Waals surface area contributed by atoms with Gasteiger partial charge in [0.1, 0.15) is 16.1 Å². The molecule has 8 nitrogen and oxygen atoms in total. The Morgan fingerprint density at radius 1 is 1.19 bits per heavy atom. The van der Waals surface area contributed by atoms with Crippen LogP contribution in [0.2, 0.25) is 0 Å². The zero-order chi connectivity index (χ0) is 26.3. The summed E-state index contributed by atoms with van der Waals surface area (Å²) in [5.41, 5.74) is 4.36. The Morgan fingerprint density at radius 2 is 1.95 bits per heavy atom. The van der Waals surface area contributed by atoms with Crippen LogP contribution in [0.5, 0.6) is 5.75 Å². The number of carboxylic acid groups (broad SMARTS) is 2. The first-order chi connectivity index (χ1) is 17.8. The minimum atomic E-state index is -1.31. The Balaban J connectivity index is 1.43. The number of amides is 1. The standard InChI is InChI=1S/C27H26N2O6S2/c1-35-17-8-6-16(7-9-17)28-20-4-2-3-18(20)19-13-15(5-10-21(19)28)14-23-25(32)29(27(36)37-23)22(26(33)34)11-12-24(30)31/h5-10,13-14,18,20,22H,2-4,11-12H2,1H3,(H,30,31)(H,33,34)/b23-14+. The summed E-state index contributed by atoms with van der Waals surface area (Å²) in [5, 5.41) is 18.6. The van der Waals surface area contributed by atoms with Crippen LogP contribution in [0.3, 0.4) is 0 Å². The SMILES string of the molecule is COc1ccc(N2c3ccc(/C=C4/SC(=S)N(C(CCC(=O)O)C(=O)O)C4=O)cc3C3CCCC32)cc1. The van der Waals surface area contributed by atoms with Crippen molar-refractivity contribution in [1.82, 2.24) is 4.90 Å². The van der Waals surface area contributed by atoms with Gasteiger partial charge < -0.3 is 19.8 Å². The minimum absolute atomic E-state index is 0.122. The van der Waals surface area contributed by atoms with E-state index in [9.17, 15) is 19.5 Å².